The van der Waals surface area contributed by atoms with E-state index in [4.69, 9.17) is 26.5 Å². The topological polar surface area (TPSA) is 127 Å². The van der Waals surface area contributed by atoms with Crippen LogP contribution in [0.3, 0.4) is 0 Å². The third-order valence-corrected chi connectivity index (χ3v) is 3.51. The molecule has 0 unspecified atom stereocenters. The van der Waals surface area contributed by atoms with Crippen molar-refractivity contribution in [1.29, 1.82) is 0 Å². The Bertz CT molecular complexity index is 377. The second-order valence-electron chi connectivity index (χ2n) is 6.47. The largest absolute Gasteiger partial charge is 0.481 e. The van der Waals surface area contributed by atoms with E-state index in [1.165, 1.54) is 44.9 Å². The fourth-order valence-electron chi connectivity index (χ4n) is 2.09. The van der Waals surface area contributed by atoms with E-state index in [9.17, 15) is 4.79 Å². The molecule has 0 aliphatic rings. The molecule has 0 amide bonds. The van der Waals surface area contributed by atoms with Gasteiger partial charge >= 0.3 is 5.97 Å². The molecule has 0 aromatic carbocycles. The van der Waals surface area contributed by atoms with Crippen molar-refractivity contribution in [1.82, 2.24) is 0 Å². The van der Waals surface area contributed by atoms with Crippen molar-refractivity contribution in [3.63, 3.8) is 0 Å². The quantitative estimate of drug-likeness (QED) is 0.229. The summed E-state index contributed by atoms with van der Waals surface area (Å²) in [7, 11) is 0. The molecule has 0 aliphatic carbocycles. The number of aliphatic carboxylic acids is 2. The van der Waals surface area contributed by atoms with Crippen molar-refractivity contribution in [2.45, 2.75) is 90.9 Å². The smallest absolute Gasteiger partial charge is 0.303 e. The van der Waals surface area contributed by atoms with Crippen LogP contribution in [0.4, 0.5) is 0 Å². The van der Waals surface area contributed by atoms with E-state index in [0.717, 1.165) is 32.6 Å². The van der Waals surface area contributed by atoms with Crippen LogP contribution in [-0.2, 0) is 9.59 Å². The van der Waals surface area contributed by atoms with Crippen molar-refractivity contribution >= 4 is 11.9 Å². The normalized spacial score (nSPS) is 10.3. The van der Waals surface area contributed by atoms with Crippen LogP contribution in [0.25, 0.3) is 0 Å². The zero-order chi connectivity index (χ0) is 21.9. The molecule has 0 fully saturated rings. The summed E-state index contributed by atoms with van der Waals surface area (Å²) in [5.41, 5.74) is 9.81. The Hall–Kier alpha value is -1.66. The van der Waals surface area contributed by atoms with Gasteiger partial charge in [-0.25, -0.2) is 0 Å². The first kappa shape index (κ1) is 31.0. The Labute approximate surface area is 172 Å². The van der Waals surface area contributed by atoms with Crippen molar-refractivity contribution < 1.29 is 19.8 Å². The zero-order valence-electron chi connectivity index (χ0n) is 18.1. The SMILES string of the molecule is CC(=O)O.CCCCC/C=C\C/C=C\CCCCCCCC(=O)O.NCCN. The summed E-state index contributed by atoms with van der Waals surface area (Å²) in [6, 6.07) is 0. The Kier molecular flexibility index (Phi) is 33.4. The van der Waals surface area contributed by atoms with Gasteiger partial charge in [0.2, 0.25) is 0 Å². The van der Waals surface area contributed by atoms with Crippen LogP contribution in [0.5, 0.6) is 0 Å². The lowest BCUT2D eigenvalue weighted by atomic mass is 10.1. The Morgan fingerprint density at radius 1 is 0.750 bits per heavy atom. The van der Waals surface area contributed by atoms with Crippen LogP contribution >= 0.6 is 0 Å². The maximum Gasteiger partial charge on any atom is 0.303 e. The van der Waals surface area contributed by atoms with Crippen molar-refractivity contribution in [3.05, 3.63) is 24.3 Å². The van der Waals surface area contributed by atoms with E-state index in [1.54, 1.807) is 0 Å². The molecular weight excluding hydrogens is 356 g/mol. The molecule has 6 nitrogen and oxygen atoms in total. The summed E-state index contributed by atoms with van der Waals surface area (Å²) in [5, 5.41) is 15.9. The predicted molar refractivity (Wildman–Crippen MR) is 118 cm³/mol. The summed E-state index contributed by atoms with van der Waals surface area (Å²) >= 11 is 0. The lowest BCUT2D eigenvalue weighted by Crippen LogP contribution is -2.11. The molecule has 0 aliphatic heterocycles. The number of hydrogen-bond acceptors (Lipinski definition) is 4. The van der Waals surface area contributed by atoms with Gasteiger partial charge in [-0.3, -0.25) is 9.59 Å². The van der Waals surface area contributed by atoms with Gasteiger partial charge in [-0.05, 0) is 38.5 Å². The van der Waals surface area contributed by atoms with Crippen molar-refractivity contribution in [2.24, 2.45) is 11.5 Å². The molecular formula is C22H44N2O4. The Balaban J connectivity index is -0.000000656. The number of carboxylic acids is 2. The van der Waals surface area contributed by atoms with Gasteiger partial charge in [0.05, 0.1) is 0 Å². The van der Waals surface area contributed by atoms with Crippen molar-refractivity contribution in [3.8, 4) is 0 Å². The summed E-state index contributed by atoms with van der Waals surface area (Å²) in [4.78, 5) is 19.3. The molecule has 0 atom stereocenters. The van der Waals surface area contributed by atoms with Gasteiger partial charge in [-0.1, -0.05) is 63.3 Å². The summed E-state index contributed by atoms with van der Waals surface area (Å²) in [6.07, 6.45) is 22.3. The number of rotatable bonds is 15. The summed E-state index contributed by atoms with van der Waals surface area (Å²) in [6.45, 7) is 4.51. The third kappa shape index (κ3) is 49.7. The van der Waals surface area contributed by atoms with E-state index >= 15 is 0 Å². The minimum absolute atomic E-state index is 0.324. The summed E-state index contributed by atoms with van der Waals surface area (Å²) < 4.78 is 0. The highest BCUT2D eigenvalue weighted by Crippen LogP contribution is 2.08. The van der Waals surface area contributed by atoms with E-state index in [0.29, 0.717) is 19.5 Å². The van der Waals surface area contributed by atoms with Gasteiger partial charge in [0, 0.05) is 26.4 Å². The number of hydrogen-bond donors (Lipinski definition) is 4. The second-order valence-corrected chi connectivity index (χ2v) is 6.47. The highest BCUT2D eigenvalue weighted by Gasteiger charge is 1.95. The van der Waals surface area contributed by atoms with Gasteiger partial charge in [0.1, 0.15) is 0 Å². The van der Waals surface area contributed by atoms with Crippen LogP contribution in [-0.4, -0.2) is 35.2 Å². The van der Waals surface area contributed by atoms with E-state index in [2.05, 4.69) is 31.2 Å². The molecule has 0 aromatic rings. The van der Waals surface area contributed by atoms with E-state index in [-0.39, 0.29) is 0 Å². The minimum Gasteiger partial charge on any atom is -0.481 e. The van der Waals surface area contributed by atoms with Crippen LogP contribution in [0.15, 0.2) is 24.3 Å². The molecule has 0 aromatic heterocycles. The van der Waals surface area contributed by atoms with Gasteiger partial charge in [-0.2, -0.15) is 0 Å². The van der Waals surface area contributed by atoms with Gasteiger partial charge < -0.3 is 21.7 Å². The molecule has 0 rings (SSSR count). The van der Waals surface area contributed by atoms with Crippen LogP contribution in [0, 0.1) is 0 Å². The maximum atomic E-state index is 10.3. The monoisotopic (exact) mass is 400 g/mol. The maximum absolute atomic E-state index is 10.3. The molecule has 6 N–H and O–H groups in total. The second kappa shape index (κ2) is 30.1. The van der Waals surface area contributed by atoms with Crippen molar-refractivity contribution in [2.75, 3.05) is 13.1 Å². The fraction of sp³-hybridized carbons (Fsp3) is 0.727. The predicted octanol–water partition coefficient (Wildman–Crippen LogP) is 4.88. The average Bonchev–Trinajstić information content (AvgIpc) is 2.64. The highest BCUT2D eigenvalue weighted by atomic mass is 16.4. The van der Waals surface area contributed by atoms with E-state index in [1.807, 2.05) is 0 Å². The first-order chi connectivity index (χ1) is 13.4. The number of nitrogens with two attached hydrogens (primary N) is 2. The average molecular weight is 401 g/mol. The first-order valence-electron chi connectivity index (χ1n) is 10.5. The molecule has 0 saturated carbocycles. The minimum atomic E-state index is -0.833. The lowest BCUT2D eigenvalue weighted by Gasteiger charge is -1.98. The number of allylic oxidation sites excluding steroid dienone is 4. The highest BCUT2D eigenvalue weighted by molar-refractivity contribution is 5.66. The summed E-state index contributed by atoms with van der Waals surface area (Å²) in [5.74, 6) is -1.50. The molecule has 0 heterocycles. The van der Waals surface area contributed by atoms with Gasteiger partial charge in [0.15, 0.2) is 0 Å². The Morgan fingerprint density at radius 3 is 1.61 bits per heavy atom. The van der Waals surface area contributed by atoms with Gasteiger partial charge in [-0.15, -0.1) is 0 Å². The van der Waals surface area contributed by atoms with E-state index < -0.39 is 11.9 Å². The van der Waals surface area contributed by atoms with Crippen LogP contribution < -0.4 is 11.5 Å². The standard InChI is InChI=1S/C18H32O2.C2H8N2.C2H4O2/c1-2-3-4-5-6-7-8-9-10-11-12-13-14-15-16-17-18(19)20;3-1-2-4;1-2(3)4/h6-7,9-10H,2-5,8,11-17H2,1H3,(H,19,20);1-4H2;1H3,(H,3,4)/b7-6-,10-9-;;. The number of unbranched alkanes of at least 4 members (excludes halogenated alkanes) is 8. The van der Waals surface area contributed by atoms with Crippen LogP contribution in [0.2, 0.25) is 0 Å². The molecule has 6 heteroatoms. The van der Waals surface area contributed by atoms with Crippen LogP contribution in [0.1, 0.15) is 90.9 Å². The number of carboxylic acid groups (broad SMARTS) is 2. The molecule has 28 heavy (non-hydrogen) atoms. The third-order valence-electron chi connectivity index (χ3n) is 3.51. The fourth-order valence-corrected chi connectivity index (χ4v) is 2.09. The molecule has 0 spiro atoms. The molecule has 0 bridgehead atoms. The zero-order valence-corrected chi connectivity index (χ0v) is 18.1. The lowest BCUT2D eigenvalue weighted by molar-refractivity contribution is -0.137. The number of carbonyl (C=O) groups is 2. The molecule has 166 valence electrons. The molecule has 0 saturated heterocycles. The van der Waals surface area contributed by atoms with Gasteiger partial charge in [0.25, 0.3) is 5.97 Å². The first-order valence-corrected chi connectivity index (χ1v) is 10.5. The molecule has 0 radical (unpaired) electrons. The Morgan fingerprint density at radius 2 is 1.18 bits per heavy atom.